The van der Waals surface area contributed by atoms with Gasteiger partial charge in [-0.05, 0) is 68.9 Å². The molecule has 0 unspecified atom stereocenters. The smallest absolute Gasteiger partial charge is 0.246 e. The zero-order chi connectivity index (χ0) is 13.8. The third-order valence-corrected chi connectivity index (χ3v) is 4.57. The van der Waals surface area contributed by atoms with Gasteiger partial charge in [-0.15, -0.1) is 11.3 Å². The lowest BCUT2D eigenvalue weighted by Crippen LogP contribution is -2.23. The standard InChI is InChI=1S/C13H11BrINO2S/c1-16(8-10-4-5-11(14)19-10)13(17)7-3-9-2-6-12(15)18-9/h2-7H,8H2,1H3/b7-3+. The molecule has 0 saturated carbocycles. The molecule has 0 aromatic carbocycles. The number of nitrogens with zero attached hydrogens (tertiary/aromatic N) is 1. The predicted octanol–water partition coefficient (Wildman–Crippen LogP) is 4.38. The third kappa shape index (κ3) is 4.47. The average molecular weight is 452 g/mol. The highest BCUT2D eigenvalue weighted by Crippen LogP contribution is 2.23. The fourth-order valence-corrected chi connectivity index (χ4v) is 3.42. The van der Waals surface area contributed by atoms with E-state index in [0.29, 0.717) is 12.3 Å². The minimum absolute atomic E-state index is 0.0454. The number of carbonyl (C=O) groups is 1. The molecule has 0 N–H and O–H groups in total. The van der Waals surface area contributed by atoms with Crippen molar-refractivity contribution in [3.63, 3.8) is 0 Å². The SMILES string of the molecule is CN(Cc1ccc(Br)s1)C(=O)/C=C/c1ccc(I)o1. The van der Waals surface area contributed by atoms with Gasteiger partial charge in [0, 0.05) is 18.0 Å². The molecule has 2 aromatic heterocycles. The van der Waals surface area contributed by atoms with Gasteiger partial charge in [-0.2, -0.15) is 0 Å². The van der Waals surface area contributed by atoms with E-state index in [-0.39, 0.29) is 5.91 Å². The Bertz CT molecular complexity index is 605. The Balaban J connectivity index is 1.94. The molecule has 2 rings (SSSR count). The van der Waals surface area contributed by atoms with E-state index < -0.39 is 0 Å². The number of thiophene rings is 1. The van der Waals surface area contributed by atoms with Crippen LogP contribution in [-0.4, -0.2) is 17.9 Å². The first-order valence-electron chi connectivity index (χ1n) is 5.47. The van der Waals surface area contributed by atoms with E-state index in [2.05, 4.69) is 38.5 Å². The molecule has 100 valence electrons. The van der Waals surface area contributed by atoms with Crippen LogP contribution in [0.5, 0.6) is 0 Å². The molecule has 0 aliphatic heterocycles. The van der Waals surface area contributed by atoms with Gasteiger partial charge in [0.2, 0.25) is 5.91 Å². The number of likely N-dealkylation sites (N-methyl/N-ethyl adjacent to an activating group) is 1. The van der Waals surface area contributed by atoms with Gasteiger partial charge in [0.15, 0.2) is 3.77 Å². The average Bonchev–Trinajstić information content (AvgIpc) is 2.95. The molecule has 0 saturated heterocycles. The molecular weight excluding hydrogens is 441 g/mol. The number of amides is 1. The fraction of sp³-hybridized carbons (Fsp3) is 0.154. The predicted molar refractivity (Wildman–Crippen MR) is 89.0 cm³/mol. The number of hydrogen-bond donors (Lipinski definition) is 0. The highest BCUT2D eigenvalue weighted by atomic mass is 127. The molecule has 0 atom stereocenters. The van der Waals surface area contributed by atoms with Crippen LogP contribution < -0.4 is 0 Å². The quantitative estimate of drug-likeness (QED) is 0.510. The van der Waals surface area contributed by atoms with Crippen LogP contribution in [-0.2, 0) is 11.3 Å². The van der Waals surface area contributed by atoms with E-state index in [0.717, 1.165) is 12.4 Å². The van der Waals surface area contributed by atoms with Crippen LogP contribution >= 0.6 is 49.9 Å². The molecule has 2 heterocycles. The Morgan fingerprint density at radius 3 is 2.84 bits per heavy atom. The van der Waals surface area contributed by atoms with E-state index in [1.807, 2.05) is 24.3 Å². The Hall–Kier alpha value is -0.600. The van der Waals surface area contributed by atoms with Crippen molar-refractivity contribution in [1.82, 2.24) is 4.90 Å². The number of furan rings is 1. The molecule has 2 aromatic rings. The van der Waals surface area contributed by atoms with Gasteiger partial charge in [-0.25, -0.2) is 0 Å². The lowest BCUT2D eigenvalue weighted by molar-refractivity contribution is -0.125. The molecule has 3 nitrogen and oxygen atoms in total. The van der Waals surface area contributed by atoms with Gasteiger partial charge in [0.1, 0.15) is 5.76 Å². The van der Waals surface area contributed by atoms with Crippen molar-refractivity contribution in [1.29, 1.82) is 0 Å². The first-order chi connectivity index (χ1) is 9.04. The highest BCUT2D eigenvalue weighted by Gasteiger charge is 2.07. The first-order valence-corrected chi connectivity index (χ1v) is 8.16. The van der Waals surface area contributed by atoms with E-state index in [9.17, 15) is 4.79 Å². The van der Waals surface area contributed by atoms with Crippen LogP contribution in [0.3, 0.4) is 0 Å². The van der Waals surface area contributed by atoms with Gasteiger partial charge in [0.05, 0.1) is 10.3 Å². The monoisotopic (exact) mass is 451 g/mol. The number of halogens is 2. The van der Waals surface area contributed by atoms with E-state index in [1.165, 1.54) is 6.08 Å². The maximum absolute atomic E-state index is 11.9. The Morgan fingerprint density at radius 1 is 1.47 bits per heavy atom. The summed E-state index contributed by atoms with van der Waals surface area (Å²) in [6.45, 7) is 0.606. The fourth-order valence-electron chi connectivity index (χ4n) is 1.45. The maximum atomic E-state index is 11.9. The number of hydrogen-bond acceptors (Lipinski definition) is 3. The van der Waals surface area contributed by atoms with E-state index in [4.69, 9.17) is 4.42 Å². The summed E-state index contributed by atoms with van der Waals surface area (Å²) in [5, 5.41) is 0. The van der Waals surface area contributed by atoms with Crippen molar-refractivity contribution >= 4 is 61.8 Å². The summed E-state index contributed by atoms with van der Waals surface area (Å²) < 4.78 is 7.24. The van der Waals surface area contributed by atoms with Crippen LogP contribution in [0.4, 0.5) is 0 Å². The van der Waals surface area contributed by atoms with Gasteiger partial charge < -0.3 is 9.32 Å². The highest BCUT2D eigenvalue weighted by molar-refractivity contribution is 14.1. The molecule has 0 spiro atoms. The summed E-state index contributed by atoms with van der Waals surface area (Å²) in [6.07, 6.45) is 3.21. The zero-order valence-corrected chi connectivity index (χ0v) is 14.7. The van der Waals surface area contributed by atoms with E-state index >= 15 is 0 Å². The van der Waals surface area contributed by atoms with Crippen molar-refractivity contribution < 1.29 is 9.21 Å². The second kappa shape index (κ2) is 6.71. The van der Waals surface area contributed by atoms with Gasteiger partial charge in [-0.3, -0.25) is 4.79 Å². The third-order valence-electron chi connectivity index (χ3n) is 2.38. The van der Waals surface area contributed by atoms with Crippen LogP contribution in [0.2, 0.25) is 0 Å². The Kier molecular flexibility index (Phi) is 5.23. The number of rotatable bonds is 4. The molecule has 6 heteroatoms. The molecule has 0 radical (unpaired) electrons. The Labute approximate surface area is 137 Å². The largest absolute Gasteiger partial charge is 0.451 e. The topological polar surface area (TPSA) is 33.5 Å². The summed E-state index contributed by atoms with van der Waals surface area (Å²) in [7, 11) is 1.78. The normalized spacial score (nSPS) is 11.1. The summed E-state index contributed by atoms with van der Waals surface area (Å²) >= 11 is 7.13. The van der Waals surface area contributed by atoms with Gasteiger partial charge >= 0.3 is 0 Å². The zero-order valence-electron chi connectivity index (χ0n) is 10.1. The minimum Gasteiger partial charge on any atom is -0.451 e. The molecule has 0 bridgehead atoms. The Morgan fingerprint density at radius 2 is 2.26 bits per heavy atom. The summed E-state index contributed by atoms with van der Waals surface area (Å²) in [5.74, 6) is 0.640. The van der Waals surface area contributed by atoms with Gasteiger partial charge in [-0.1, -0.05) is 0 Å². The first kappa shape index (κ1) is 14.8. The second-order valence-corrected chi connectivity index (χ2v) is 7.49. The van der Waals surface area contributed by atoms with Crippen molar-refractivity contribution in [3.8, 4) is 0 Å². The van der Waals surface area contributed by atoms with Crippen molar-refractivity contribution in [2.75, 3.05) is 7.05 Å². The van der Waals surface area contributed by atoms with Crippen LogP contribution in [0, 0.1) is 3.77 Å². The summed E-state index contributed by atoms with van der Waals surface area (Å²) in [4.78, 5) is 14.7. The molecular formula is C13H11BrINO2S. The van der Waals surface area contributed by atoms with Crippen LogP contribution in [0.25, 0.3) is 6.08 Å². The van der Waals surface area contributed by atoms with Crippen molar-refractivity contribution in [2.45, 2.75) is 6.54 Å². The summed E-state index contributed by atoms with van der Waals surface area (Å²) in [6, 6.07) is 7.69. The molecule has 0 aliphatic rings. The van der Waals surface area contributed by atoms with Crippen LogP contribution in [0.1, 0.15) is 10.6 Å². The van der Waals surface area contributed by atoms with E-state index in [1.54, 1.807) is 29.4 Å². The van der Waals surface area contributed by atoms with Crippen molar-refractivity contribution in [2.24, 2.45) is 0 Å². The van der Waals surface area contributed by atoms with Gasteiger partial charge in [0.25, 0.3) is 0 Å². The molecule has 19 heavy (non-hydrogen) atoms. The second-order valence-electron chi connectivity index (χ2n) is 3.88. The molecule has 0 aliphatic carbocycles. The van der Waals surface area contributed by atoms with Crippen LogP contribution in [0.15, 0.2) is 38.5 Å². The molecule has 0 fully saturated rings. The maximum Gasteiger partial charge on any atom is 0.246 e. The lowest BCUT2D eigenvalue weighted by Gasteiger charge is -2.13. The summed E-state index contributed by atoms with van der Waals surface area (Å²) in [5.41, 5.74) is 0. The lowest BCUT2D eigenvalue weighted by atomic mass is 10.3. The van der Waals surface area contributed by atoms with Crippen molar-refractivity contribution in [3.05, 3.63) is 48.5 Å². The minimum atomic E-state index is -0.0454. The number of carbonyl (C=O) groups excluding carboxylic acids is 1. The molecule has 1 amide bonds.